The van der Waals surface area contributed by atoms with Gasteiger partial charge in [-0.2, -0.15) is 0 Å². The Kier molecular flexibility index (Phi) is 5.60. The van der Waals surface area contributed by atoms with E-state index in [2.05, 4.69) is 5.32 Å². The third-order valence-electron chi connectivity index (χ3n) is 2.33. The lowest BCUT2D eigenvalue weighted by Crippen LogP contribution is -2.36. The predicted octanol–water partition coefficient (Wildman–Crippen LogP) is 1.69. The molecular formula is C14H17NO4. The number of hydrogen-bond donors (Lipinski definition) is 2. The number of carbonyl (C=O) groups excluding carboxylic acids is 1. The van der Waals surface area contributed by atoms with Crippen LogP contribution in [0.4, 0.5) is 0 Å². The molecule has 1 amide bonds. The van der Waals surface area contributed by atoms with Gasteiger partial charge in [-0.05, 0) is 37.6 Å². The molecule has 0 saturated heterocycles. The van der Waals surface area contributed by atoms with Gasteiger partial charge in [-0.3, -0.25) is 4.79 Å². The number of aliphatic carboxylic acids is 1. The minimum Gasteiger partial charge on any atom is -0.481 e. The molecule has 0 aromatic heterocycles. The maximum Gasteiger partial charge on any atom is 0.328 e. The van der Waals surface area contributed by atoms with Gasteiger partial charge in [0.2, 0.25) is 0 Å². The van der Waals surface area contributed by atoms with Crippen LogP contribution in [0, 0.1) is 0 Å². The Balaban J connectivity index is 2.61. The molecule has 0 aliphatic rings. The summed E-state index contributed by atoms with van der Waals surface area (Å²) >= 11 is 0. The molecule has 0 heterocycles. The topological polar surface area (TPSA) is 75.6 Å². The van der Waals surface area contributed by atoms with Crippen molar-refractivity contribution in [3.8, 4) is 5.75 Å². The van der Waals surface area contributed by atoms with Gasteiger partial charge in [-0.25, -0.2) is 4.79 Å². The number of likely N-dealkylation sites (N-methyl/N-ethyl adjacent to an activating group) is 1. The Morgan fingerprint density at radius 1 is 1.37 bits per heavy atom. The molecule has 1 unspecified atom stereocenters. The highest BCUT2D eigenvalue weighted by molar-refractivity contribution is 5.85. The van der Waals surface area contributed by atoms with Crippen LogP contribution in [0.2, 0.25) is 0 Å². The standard InChI is InChI=1S/C14H17NO4/c1-3-15-14(18)10(2)19-12-7-4-11(5-8-12)6-9-13(16)17/h4-10H,3H2,1-2H3,(H,15,18)(H,16,17)/b9-6+. The summed E-state index contributed by atoms with van der Waals surface area (Å²) in [6.07, 6.45) is 1.98. The summed E-state index contributed by atoms with van der Waals surface area (Å²) < 4.78 is 5.46. The molecule has 0 bridgehead atoms. The quantitative estimate of drug-likeness (QED) is 0.766. The van der Waals surface area contributed by atoms with Gasteiger partial charge in [0, 0.05) is 12.6 Å². The van der Waals surface area contributed by atoms with E-state index in [1.807, 2.05) is 6.92 Å². The molecule has 0 spiro atoms. The van der Waals surface area contributed by atoms with Gasteiger partial charge in [0.25, 0.3) is 5.91 Å². The van der Waals surface area contributed by atoms with Crippen LogP contribution in [-0.2, 0) is 9.59 Å². The van der Waals surface area contributed by atoms with Gasteiger partial charge in [0.15, 0.2) is 6.10 Å². The zero-order valence-corrected chi connectivity index (χ0v) is 10.9. The number of ether oxygens (including phenoxy) is 1. The zero-order chi connectivity index (χ0) is 14.3. The van der Waals surface area contributed by atoms with Gasteiger partial charge in [-0.15, -0.1) is 0 Å². The minimum atomic E-state index is -0.995. The second kappa shape index (κ2) is 7.20. The number of nitrogens with one attached hydrogen (secondary N) is 1. The van der Waals surface area contributed by atoms with E-state index in [0.717, 1.165) is 11.6 Å². The van der Waals surface area contributed by atoms with Gasteiger partial charge >= 0.3 is 5.97 Å². The van der Waals surface area contributed by atoms with Crippen LogP contribution < -0.4 is 10.1 Å². The fourth-order valence-corrected chi connectivity index (χ4v) is 1.40. The molecule has 2 N–H and O–H groups in total. The SMILES string of the molecule is CCNC(=O)C(C)Oc1ccc(/C=C/C(=O)O)cc1. The first-order chi connectivity index (χ1) is 9.02. The van der Waals surface area contributed by atoms with E-state index in [-0.39, 0.29) is 5.91 Å². The van der Waals surface area contributed by atoms with Gasteiger partial charge < -0.3 is 15.2 Å². The van der Waals surface area contributed by atoms with Crippen LogP contribution in [0.25, 0.3) is 6.08 Å². The van der Waals surface area contributed by atoms with Gasteiger partial charge in [0.1, 0.15) is 5.75 Å². The number of benzene rings is 1. The molecule has 5 nitrogen and oxygen atoms in total. The van der Waals surface area contributed by atoms with Crippen LogP contribution in [-0.4, -0.2) is 29.6 Å². The van der Waals surface area contributed by atoms with Crippen LogP contribution >= 0.6 is 0 Å². The molecule has 1 aromatic rings. The summed E-state index contributed by atoms with van der Waals surface area (Å²) in [6.45, 7) is 4.07. The van der Waals surface area contributed by atoms with Crippen LogP contribution in [0.5, 0.6) is 5.75 Å². The fraction of sp³-hybridized carbons (Fsp3) is 0.286. The second-order valence-electron chi connectivity index (χ2n) is 3.90. The number of hydrogen-bond acceptors (Lipinski definition) is 3. The molecule has 0 aliphatic carbocycles. The van der Waals surface area contributed by atoms with Crippen molar-refractivity contribution >= 4 is 18.0 Å². The van der Waals surface area contributed by atoms with Gasteiger partial charge in [0.05, 0.1) is 0 Å². The van der Waals surface area contributed by atoms with E-state index >= 15 is 0 Å². The maximum atomic E-state index is 11.5. The normalized spacial score (nSPS) is 12.1. The fourth-order valence-electron chi connectivity index (χ4n) is 1.40. The monoisotopic (exact) mass is 263 g/mol. The molecule has 5 heteroatoms. The Morgan fingerprint density at radius 3 is 2.53 bits per heavy atom. The number of carboxylic acids is 1. The number of rotatable bonds is 6. The predicted molar refractivity (Wildman–Crippen MR) is 71.9 cm³/mol. The highest BCUT2D eigenvalue weighted by Gasteiger charge is 2.12. The summed E-state index contributed by atoms with van der Waals surface area (Å²) in [4.78, 5) is 21.8. The van der Waals surface area contributed by atoms with Crippen molar-refractivity contribution in [2.75, 3.05) is 6.54 Å². The molecule has 19 heavy (non-hydrogen) atoms. The lowest BCUT2D eigenvalue weighted by atomic mass is 10.2. The summed E-state index contributed by atoms with van der Waals surface area (Å²) in [6, 6.07) is 6.83. The van der Waals surface area contributed by atoms with E-state index in [9.17, 15) is 9.59 Å². The molecule has 1 rings (SSSR count). The zero-order valence-electron chi connectivity index (χ0n) is 10.9. The molecule has 0 saturated carbocycles. The van der Waals surface area contributed by atoms with Crippen molar-refractivity contribution in [2.45, 2.75) is 20.0 Å². The van der Waals surface area contributed by atoms with Crippen molar-refractivity contribution in [2.24, 2.45) is 0 Å². The third kappa shape index (κ3) is 5.25. The third-order valence-corrected chi connectivity index (χ3v) is 2.33. The molecule has 1 atom stereocenters. The van der Waals surface area contributed by atoms with E-state index in [1.54, 1.807) is 31.2 Å². The number of carbonyl (C=O) groups is 2. The number of amides is 1. The molecular weight excluding hydrogens is 246 g/mol. The first kappa shape index (κ1) is 14.8. The number of carboxylic acid groups (broad SMARTS) is 1. The lowest BCUT2D eigenvalue weighted by molar-refractivity contribution is -0.131. The van der Waals surface area contributed by atoms with E-state index in [0.29, 0.717) is 12.3 Å². The van der Waals surface area contributed by atoms with E-state index < -0.39 is 12.1 Å². The molecule has 0 aliphatic heterocycles. The van der Waals surface area contributed by atoms with E-state index in [4.69, 9.17) is 9.84 Å². The van der Waals surface area contributed by atoms with Crippen molar-refractivity contribution in [1.29, 1.82) is 0 Å². The average Bonchev–Trinajstić information content (AvgIpc) is 2.38. The van der Waals surface area contributed by atoms with Crippen molar-refractivity contribution < 1.29 is 19.4 Å². The Hall–Kier alpha value is -2.30. The summed E-state index contributed by atoms with van der Waals surface area (Å²) in [7, 11) is 0. The molecule has 0 radical (unpaired) electrons. The van der Waals surface area contributed by atoms with Crippen molar-refractivity contribution in [3.63, 3.8) is 0 Å². The van der Waals surface area contributed by atoms with Crippen LogP contribution in [0.3, 0.4) is 0 Å². The van der Waals surface area contributed by atoms with Gasteiger partial charge in [-0.1, -0.05) is 12.1 Å². The maximum absolute atomic E-state index is 11.5. The molecule has 0 fully saturated rings. The summed E-state index contributed by atoms with van der Waals surface area (Å²) in [5.74, 6) is -0.603. The van der Waals surface area contributed by atoms with Crippen LogP contribution in [0.15, 0.2) is 30.3 Å². The Labute approximate surface area is 111 Å². The Bertz CT molecular complexity index is 465. The minimum absolute atomic E-state index is 0.169. The van der Waals surface area contributed by atoms with E-state index in [1.165, 1.54) is 6.08 Å². The Morgan fingerprint density at radius 2 is 2.00 bits per heavy atom. The second-order valence-corrected chi connectivity index (χ2v) is 3.90. The molecule has 102 valence electrons. The smallest absolute Gasteiger partial charge is 0.328 e. The largest absolute Gasteiger partial charge is 0.481 e. The average molecular weight is 263 g/mol. The van der Waals surface area contributed by atoms with Crippen LogP contribution in [0.1, 0.15) is 19.4 Å². The van der Waals surface area contributed by atoms with Crippen molar-refractivity contribution in [3.05, 3.63) is 35.9 Å². The summed E-state index contributed by atoms with van der Waals surface area (Å²) in [5, 5.41) is 11.2. The lowest BCUT2D eigenvalue weighted by Gasteiger charge is -2.13. The highest BCUT2D eigenvalue weighted by Crippen LogP contribution is 2.14. The van der Waals surface area contributed by atoms with Crippen molar-refractivity contribution in [1.82, 2.24) is 5.32 Å². The highest BCUT2D eigenvalue weighted by atomic mass is 16.5. The first-order valence-electron chi connectivity index (χ1n) is 5.98. The first-order valence-corrected chi connectivity index (χ1v) is 5.98. The summed E-state index contributed by atoms with van der Waals surface area (Å²) in [5.41, 5.74) is 0.750. The molecule has 1 aromatic carbocycles.